The Morgan fingerprint density at radius 2 is 1.81 bits per heavy atom. The number of halogens is 1. The first-order chi connectivity index (χ1) is 20.7. The minimum Gasteiger partial charge on any atom is -0.350 e. The van der Waals surface area contributed by atoms with Crippen LogP contribution in [-0.4, -0.2) is 66.5 Å². The average molecular weight is 646 g/mol. The van der Waals surface area contributed by atoms with Gasteiger partial charge in [0, 0.05) is 36.4 Å². The van der Waals surface area contributed by atoms with Crippen LogP contribution in [0.15, 0.2) is 47.3 Å². The zero-order valence-corrected chi connectivity index (χ0v) is 25.9. The van der Waals surface area contributed by atoms with Crippen LogP contribution in [0, 0.1) is 25.7 Å². The fraction of sp³-hybridized carbons (Fsp3) is 0.387. The third-order valence-electron chi connectivity index (χ3n) is 8.05. The number of benzene rings is 1. The number of carbonyl (C=O) groups is 3. The molecule has 2 aliphatic rings. The zero-order chi connectivity index (χ0) is 30.2. The summed E-state index contributed by atoms with van der Waals surface area (Å²) in [5, 5.41) is 11.2. The largest absolute Gasteiger partial charge is 0.350 e. The standard InChI is InChI=1S/C31H33BrN8O3/c1-17-10-25(30(42)37-29-18(2)4-9-26(32)36-29)39(15-17)27(41)16-40-24-8-7-21(22-13-33-19(3)34-14-22)11-23(24)28(38-40)31(43)35-12-20-5-6-20/h4,7-9,11,13-14,17,20,25H,5-6,10,12,15-16H2,1-3H3,(H,35,43)(H,36,37,42). The Morgan fingerprint density at radius 1 is 1.05 bits per heavy atom. The van der Waals surface area contributed by atoms with Gasteiger partial charge in [0.05, 0.1) is 5.52 Å². The van der Waals surface area contributed by atoms with Crippen molar-refractivity contribution in [3.63, 3.8) is 0 Å². The Morgan fingerprint density at radius 3 is 2.56 bits per heavy atom. The summed E-state index contributed by atoms with van der Waals surface area (Å²) in [4.78, 5) is 55.0. The second-order valence-electron chi connectivity index (χ2n) is 11.6. The number of hydrogen-bond donors (Lipinski definition) is 2. The van der Waals surface area contributed by atoms with Crippen LogP contribution in [-0.2, 0) is 16.1 Å². The van der Waals surface area contributed by atoms with Gasteiger partial charge in [0.1, 0.15) is 28.8 Å². The SMILES string of the molecule is Cc1ncc(-c2ccc3c(c2)c(C(=O)NCC2CC2)nn3CC(=O)N2CC(C)CC2C(=O)Nc2nc(Br)ccc2C)cn1. The Kier molecular flexibility index (Phi) is 7.95. The van der Waals surface area contributed by atoms with E-state index in [4.69, 9.17) is 0 Å². The van der Waals surface area contributed by atoms with Gasteiger partial charge < -0.3 is 15.5 Å². The molecule has 1 saturated carbocycles. The number of likely N-dealkylation sites (tertiary alicyclic amines) is 1. The number of anilines is 1. The molecule has 1 aromatic carbocycles. The molecule has 3 amide bonds. The van der Waals surface area contributed by atoms with E-state index in [1.165, 1.54) is 0 Å². The second kappa shape index (κ2) is 11.8. The van der Waals surface area contributed by atoms with E-state index < -0.39 is 6.04 Å². The Labute approximate surface area is 257 Å². The number of fused-ring (bicyclic) bond motifs is 1. The summed E-state index contributed by atoms with van der Waals surface area (Å²) in [5.74, 6) is 0.993. The highest BCUT2D eigenvalue weighted by Gasteiger charge is 2.38. The minimum absolute atomic E-state index is 0.107. The molecule has 0 spiro atoms. The third kappa shape index (κ3) is 6.29. The van der Waals surface area contributed by atoms with E-state index in [0.29, 0.717) is 52.6 Å². The van der Waals surface area contributed by atoms with Crippen molar-refractivity contribution < 1.29 is 14.4 Å². The average Bonchev–Trinajstić information content (AvgIpc) is 3.64. The summed E-state index contributed by atoms with van der Waals surface area (Å²) in [7, 11) is 0. The van der Waals surface area contributed by atoms with Crippen molar-refractivity contribution in [3.8, 4) is 11.1 Å². The molecule has 11 nitrogen and oxygen atoms in total. The van der Waals surface area contributed by atoms with Gasteiger partial charge in [-0.1, -0.05) is 19.1 Å². The van der Waals surface area contributed by atoms with Gasteiger partial charge in [0.15, 0.2) is 5.69 Å². The molecule has 6 rings (SSSR count). The second-order valence-corrected chi connectivity index (χ2v) is 12.4. The van der Waals surface area contributed by atoms with Gasteiger partial charge in [0.25, 0.3) is 5.91 Å². The number of aromatic nitrogens is 5. The smallest absolute Gasteiger partial charge is 0.272 e. The highest BCUT2D eigenvalue weighted by molar-refractivity contribution is 9.10. The Hall–Kier alpha value is -4.19. The molecule has 4 aromatic rings. The van der Waals surface area contributed by atoms with Crippen molar-refractivity contribution in [3.05, 3.63) is 64.4 Å². The van der Waals surface area contributed by atoms with E-state index in [0.717, 1.165) is 29.5 Å². The molecule has 4 heterocycles. The molecule has 1 aliphatic heterocycles. The van der Waals surface area contributed by atoms with Crippen LogP contribution in [0.1, 0.15) is 48.1 Å². The lowest BCUT2D eigenvalue weighted by Crippen LogP contribution is -2.44. The van der Waals surface area contributed by atoms with Gasteiger partial charge in [-0.3, -0.25) is 19.1 Å². The zero-order valence-electron chi connectivity index (χ0n) is 24.3. The number of hydrogen-bond acceptors (Lipinski definition) is 7. The van der Waals surface area contributed by atoms with Crippen LogP contribution in [0.25, 0.3) is 22.0 Å². The van der Waals surface area contributed by atoms with E-state index in [1.54, 1.807) is 22.0 Å². The predicted molar refractivity (Wildman–Crippen MR) is 165 cm³/mol. The minimum atomic E-state index is -0.640. The van der Waals surface area contributed by atoms with Gasteiger partial charge >= 0.3 is 0 Å². The number of nitrogens with one attached hydrogen (secondary N) is 2. The summed E-state index contributed by atoms with van der Waals surface area (Å²) >= 11 is 3.35. The Bertz CT molecular complexity index is 1720. The summed E-state index contributed by atoms with van der Waals surface area (Å²) in [6.45, 7) is 6.67. The highest BCUT2D eigenvalue weighted by Crippen LogP contribution is 2.30. The molecule has 12 heteroatoms. The van der Waals surface area contributed by atoms with Gasteiger partial charge in [-0.15, -0.1) is 0 Å². The van der Waals surface area contributed by atoms with Crippen molar-refractivity contribution in [2.24, 2.45) is 11.8 Å². The monoisotopic (exact) mass is 644 g/mol. The molecule has 222 valence electrons. The first-order valence-electron chi connectivity index (χ1n) is 14.5. The van der Waals surface area contributed by atoms with Gasteiger partial charge in [-0.25, -0.2) is 15.0 Å². The molecule has 2 atom stereocenters. The van der Waals surface area contributed by atoms with Crippen molar-refractivity contribution >= 4 is 50.4 Å². The lowest BCUT2D eigenvalue weighted by Gasteiger charge is -2.24. The maximum atomic E-state index is 13.8. The van der Waals surface area contributed by atoms with Gasteiger partial charge in [-0.05, 0) is 90.2 Å². The number of rotatable bonds is 8. The number of amides is 3. The van der Waals surface area contributed by atoms with Crippen LogP contribution >= 0.6 is 15.9 Å². The Balaban J connectivity index is 1.28. The van der Waals surface area contributed by atoms with Gasteiger partial charge in [-0.2, -0.15) is 5.10 Å². The molecule has 0 bridgehead atoms. The summed E-state index contributed by atoms with van der Waals surface area (Å²) in [5.41, 5.74) is 3.40. The fourth-order valence-electron chi connectivity index (χ4n) is 5.45. The summed E-state index contributed by atoms with van der Waals surface area (Å²) in [6, 6.07) is 8.70. The quantitative estimate of drug-likeness (QED) is 0.273. The molecule has 2 fully saturated rings. The molecule has 2 unspecified atom stereocenters. The molecule has 2 N–H and O–H groups in total. The number of pyridine rings is 1. The van der Waals surface area contributed by atoms with E-state index in [-0.39, 0.29) is 35.9 Å². The molecule has 1 aliphatic carbocycles. The van der Waals surface area contributed by atoms with Crippen LogP contribution in [0.4, 0.5) is 5.82 Å². The molecule has 0 radical (unpaired) electrons. The maximum Gasteiger partial charge on any atom is 0.272 e. The first-order valence-corrected chi connectivity index (χ1v) is 15.3. The topological polar surface area (TPSA) is 135 Å². The normalized spacial score (nSPS) is 18.2. The van der Waals surface area contributed by atoms with E-state index in [9.17, 15) is 14.4 Å². The van der Waals surface area contributed by atoms with Gasteiger partial charge in [0.2, 0.25) is 11.8 Å². The lowest BCUT2D eigenvalue weighted by molar-refractivity contribution is -0.137. The lowest BCUT2D eigenvalue weighted by atomic mass is 10.1. The summed E-state index contributed by atoms with van der Waals surface area (Å²) in [6.07, 6.45) is 6.26. The van der Waals surface area contributed by atoms with Crippen molar-refractivity contribution in [2.75, 3.05) is 18.4 Å². The van der Waals surface area contributed by atoms with Crippen LogP contribution in [0.3, 0.4) is 0 Å². The van der Waals surface area contributed by atoms with Crippen LogP contribution < -0.4 is 10.6 Å². The van der Waals surface area contributed by atoms with E-state index in [2.05, 4.69) is 46.6 Å². The number of nitrogens with zero attached hydrogens (tertiary/aromatic N) is 6. The van der Waals surface area contributed by atoms with E-state index in [1.807, 2.05) is 51.1 Å². The molecule has 1 saturated heterocycles. The fourth-order valence-corrected chi connectivity index (χ4v) is 5.76. The van der Waals surface area contributed by atoms with Crippen molar-refractivity contribution in [1.29, 1.82) is 0 Å². The number of carbonyl (C=O) groups excluding carboxylic acids is 3. The van der Waals surface area contributed by atoms with Crippen LogP contribution in [0.2, 0.25) is 0 Å². The third-order valence-corrected chi connectivity index (χ3v) is 8.49. The molecule has 3 aromatic heterocycles. The number of aryl methyl sites for hydroxylation is 2. The molecular formula is C31H33BrN8O3. The molecular weight excluding hydrogens is 612 g/mol. The van der Waals surface area contributed by atoms with Crippen LogP contribution in [0.5, 0.6) is 0 Å². The van der Waals surface area contributed by atoms with Crippen molar-refractivity contribution in [2.45, 2.75) is 52.6 Å². The maximum absolute atomic E-state index is 13.8. The predicted octanol–water partition coefficient (Wildman–Crippen LogP) is 4.28. The molecule has 43 heavy (non-hydrogen) atoms. The highest BCUT2D eigenvalue weighted by atomic mass is 79.9. The first kappa shape index (κ1) is 28.9. The van der Waals surface area contributed by atoms with E-state index >= 15 is 0 Å². The van der Waals surface area contributed by atoms with Crippen molar-refractivity contribution in [1.82, 2.24) is 34.9 Å². The summed E-state index contributed by atoms with van der Waals surface area (Å²) < 4.78 is 2.18.